The van der Waals surface area contributed by atoms with Crippen molar-refractivity contribution in [3.63, 3.8) is 0 Å². The fourth-order valence-electron chi connectivity index (χ4n) is 1.74. The Kier molecular flexibility index (Phi) is 4.75. The molecule has 0 fully saturated rings. The molecule has 1 aromatic rings. The maximum Gasteiger partial charge on any atom is 0.240 e. The molecule has 1 heterocycles. The molecular formula is C14H21NO5S. The number of hydrogen-bond acceptors (Lipinski definition) is 5. The highest BCUT2D eigenvalue weighted by atomic mass is 32.2. The first-order chi connectivity index (χ1) is 9.84. The average Bonchev–Trinajstić information content (AvgIpc) is 2.70. The highest BCUT2D eigenvalue weighted by Gasteiger charge is 2.23. The SMILES string of the molecule is CC(C)(CO)CNS(=O)(=O)c1ccc2c(c1)OCCCO2. The van der Waals surface area contributed by atoms with Crippen LogP contribution in [0.4, 0.5) is 0 Å². The van der Waals surface area contributed by atoms with Crippen molar-refractivity contribution >= 4 is 10.0 Å². The molecular weight excluding hydrogens is 294 g/mol. The van der Waals surface area contributed by atoms with Crippen LogP contribution in [0, 0.1) is 5.41 Å². The first kappa shape index (κ1) is 16.1. The van der Waals surface area contributed by atoms with E-state index in [1.165, 1.54) is 12.1 Å². The van der Waals surface area contributed by atoms with Crippen LogP contribution in [0.3, 0.4) is 0 Å². The summed E-state index contributed by atoms with van der Waals surface area (Å²) < 4.78 is 38.0. The molecule has 2 N–H and O–H groups in total. The normalized spacial score (nSPS) is 15.6. The Hall–Kier alpha value is -1.31. The van der Waals surface area contributed by atoms with E-state index >= 15 is 0 Å². The number of nitrogens with one attached hydrogen (secondary N) is 1. The summed E-state index contributed by atoms with van der Waals surface area (Å²) >= 11 is 0. The van der Waals surface area contributed by atoms with Gasteiger partial charge in [-0.25, -0.2) is 13.1 Å². The standard InChI is InChI=1S/C14H21NO5S/c1-14(2,10-16)9-15-21(17,18)11-4-5-12-13(8-11)20-7-3-6-19-12/h4-5,8,15-16H,3,6-7,9-10H2,1-2H3. The number of aliphatic hydroxyl groups is 1. The van der Waals surface area contributed by atoms with E-state index in [4.69, 9.17) is 9.47 Å². The lowest BCUT2D eigenvalue weighted by molar-refractivity contribution is 0.163. The Bertz CT molecular complexity index is 597. The van der Waals surface area contributed by atoms with Gasteiger partial charge in [0.1, 0.15) is 0 Å². The molecule has 0 aliphatic carbocycles. The molecule has 1 aliphatic heterocycles. The zero-order valence-electron chi connectivity index (χ0n) is 12.3. The quantitative estimate of drug-likeness (QED) is 0.851. The van der Waals surface area contributed by atoms with Crippen molar-refractivity contribution in [3.8, 4) is 11.5 Å². The first-order valence-electron chi connectivity index (χ1n) is 6.84. The molecule has 0 amide bonds. The third kappa shape index (κ3) is 4.09. The van der Waals surface area contributed by atoms with Gasteiger partial charge in [-0.1, -0.05) is 13.8 Å². The van der Waals surface area contributed by atoms with Crippen molar-refractivity contribution in [1.29, 1.82) is 0 Å². The molecule has 2 rings (SSSR count). The van der Waals surface area contributed by atoms with E-state index in [-0.39, 0.29) is 18.0 Å². The largest absolute Gasteiger partial charge is 0.490 e. The Morgan fingerprint density at radius 1 is 1.24 bits per heavy atom. The summed E-state index contributed by atoms with van der Waals surface area (Å²) in [7, 11) is -3.65. The molecule has 6 nitrogen and oxygen atoms in total. The van der Waals surface area contributed by atoms with Crippen LogP contribution >= 0.6 is 0 Å². The number of hydrogen-bond donors (Lipinski definition) is 2. The van der Waals surface area contributed by atoms with Crippen molar-refractivity contribution in [2.45, 2.75) is 25.2 Å². The third-order valence-electron chi connectivity index (χ3n) is 3.20. The minimum absolute atomic E-state index is 0.101. The minimum Gasteiger partial charge on any atom is -0.490 e. The van der Waals surface area contributed by atoms with E-state index < -0.39 is 15.4 Å². The van der Waals surface area contributed by atoms with E-state index in [1.807, 2.05) is 0 Å². The number of rotatable bonds is 5. The van der Waals surface area contributed by atoms with Crippen molar-refractivity contribution in [2.75, 3.05) is 26.4 Å². The van der Waals surface area contributed by atoms with Gasteiger partial charge in [0.15, 0.2) is 11.5 Å². The summed E-state index contributed by atoms with van der Waals surface area (Å²) in [4.78, 5) is 0.125. The van der Waals surface area contributed by atoms with E-state index in [9.17, 15) is 13.5 Å². The van der Waals surface area contributed by atoms with Crippen LogP contribution in [-0.2, 0) is 10.0 Å². The second-order valence-electron chi connectivity index (χ2n) is 5.81. The third-order valence-corrected chi connectivity index (χ3v) is 4.60. The Morgan fingerprint density at radius 2 is 1.90 bits per heavy atom. The minimum atomic E-state index is -3.65. The van der Waals surface area contributed by atoms with Crippen LogP contribution in [0.1, 0.15) is 20.3 Å². The van der Waals surface area contributed by atoms with Crippen LogP contribution < -0.4 is 14.2 Å². The van der Waals surface area contributed by atoms with Gasteiger partial charge in [0.25, 0.3) is 0 Å². The monoisotopic (exact) mass is 315 g/mol. The van der Waals surface area contributed by atoms with Gasteiger partial charge in [-0.2, -0.15) is 0 Å². The Balaban J connectivity index is 2.19. The molecule has 118 valence electrons. The lowest BCUT2D eigenvalue weighted by Gasteiger charge is -2.21. The summed E-state index contributed by atoms with van der Waals surface area (Å²) in [6, 6.07) is 4.56. The maximum absolute atomic E-state index is 12.3. The van der Waals surface area contributed by atoms with Crippen molar-refractivity contribution in [2.24, 2.45) is 5.41 Å². The molecule has 1 aromatic carbocycles. The molecule has 0 atom stereocenters. The van der Waals surface area contributed by atoms with Gasteiger partial charge in [0.05, 0.1) is 18.1 Å². The van der Waals surface area contributed by atoms with E-state index in [2.05, 4.69) is 4.72 Å². The van der Waals surface area contributed by atoms with Crippen LogP contribution in [-0.4, -0.2) is 39.9 Å². The molecule has 0 bridgehead atoms. The predicted molar refractivity (Wildman–Crippen MR) is 78.1 cm³/mol. The van der Waals surface area contributed by atoms with Crippen LogP contribution in [0.2, 0.25) is 0 Å². The Labute approximate surface area is 125 Å². The molecule has 21 heavy (non-hydrogen) atoms. The maximum atomic E-state index is 12.3. The van der Waals surface area contributed by atoms with Gasteiger partial charge >= 0.3 is 0 Å². The van der Waals surface area contributed by atoms with E-state index in [1.54, 1.807) is 19.9 Å². The van der Waals surface area contributed by atoms with Gasteiger partial charge in [0.2, 0.25) is 10.0 Å². The molecule has 1 aliphatic rings. The summed E-state index contributed by atoms with van der Waals surface area (Å²) in [5.41, 5.74) is -0.516. The molecule has 7 heteroatoms. The molecule has 0 saturated heterocycles. The average molecular weight is 315 g/mol. The van der Waals surface area contributed by atoms with Gasteiger partial charge in [-0.15, -0.1) is 0 Å². The van der Waals surface area contributed by atoms with E-state index in [0.717, 1.165) is 6.42 Å². The highest BCUT2D eigenvalue weighted by molar-refractivity contribution is 7.89. The van der Waals surface area contributed by atoms with Gasteiger partial charge in [-0.3, -0.25) is 0 Å². The summed E-state index contributed by atoms with van der Waals surface area (Å²) in [5, 5.41) is 9.18. The highest BCUT2D eigenvalue weighted by Crippen LogP contribution is 2.31. The second-order valence-corrected chi connectivity index (χ2v) is 7.57. The van der Waals surface area contributed by atoms with Crippen LogP contribution in [0.5, 0.6) is 11.5 Å². The van der Waals surface area contributed by atoms with E-state index in [0.29, 0.717) is 24.7 Å². The Morgan fingerprint density at radius 3 is 2.57 bits per heavy atom. The van der Waals surface area contributed by atoms with Crippen LogP contribution in [0.15, 0.2) is 23.1 Å². The fraction of sp³-hybridized carbons (Fsp3) is 0.571. The molecule has 0 spiro atoms. The number of sulfonamides is 1. The molecule has 0 saturated carbocycles. The zero-order chi connectivity index (χ0) is 15.5. The smallest absolute Gasteiger partial charge is 0.240 e. The summed E-state index contributed by atoms with van der Waals surface area (Å²) in [6.45, 7) is 4.67. The lowest BCUT2D eigenvalue weighted by Crippen LogP contribution is -2.36. The van der Waals surface area contributed by atoms with Gasteiger partial charge in [0, 0.05) is 31.1 Å². The lowest BCUT2D eigenvalue weighted by atomic mass is 9.96. The summed E-state index contributed by atoms with van der Waals surface area (Å²) in [5.74, 6) is 0.999. The molecule has 0 unspecified atom stereocenters. The first-order valence-corrected chi connectivity index (χ1v) is 8.33. The number of benzene rings is 1. The van der Waals surface area contributed by atoms with Crippen molar-refractivity contribution in [1.82, 2.24) is 4.72 Å². The number of ether oxygens (including phenoxy) is 2. The molecule has 0 radical (unpaired) electrons. The molecule has 0 aromatic heterocycles. The van der Waals surface area contributed by atoms with Crippen LogP contribution in [0.25, 0.3) is 0 Å². The van der Waals surface area contributed by atoms with Gasteiger partial charge < -0.3 is 14.6 Å². The van der Waals surface area contributed by atoms with Crippen molar-refractivity contribution in [3.05, 3.63) is 18.2 Å². The zero-order valence-corrected chi connectivity index (χ0v) is 13.1. The number of aliphatic hydroxyl groups excluding tert-OH is 1. The van der Waals surface area contributed by atoms with Gasteiger partial charge in [-0.05, 0) is 12.1 Å². The van der Waals surface area contributed by atoms with Crippen molar-refractivity contribution < 1.29 is 23.0 Å². The number of fused-ring (bicyclic) bond motifs is 1. The predicted octanol–water partition coefficient (Wildman–Crippen LogP) is 1.14. The fourth-order valence-corrected chi connectivity index (χ4v) is 3.00. The topological polar surface area (TPSA) is 84.9 Å². The summed E-state index contributed by atoms with van der Waals surface area (Å²) in [6.07, 6.45) is 0.764. The second kappa shape index (κ2) is 6.21.